The standard InChI is InChI=1S/C12H14ClN3O/c1-7(12(14)17)15-5-8-6-16-11-3-2-9(13)4-10(8)11/h2-4,6-7,15-16H,5H2,1H3,(H2,14,17)/t7-/m0/s1. The van der Waals surface area contributed by atoms with Crippen LogP contribution >= 0.6 is 11.6 Å². The van der Waals surface area contributed by atoms with Crippen molar-refractivity contribution in [2.75, 3.05) is 0 Å². The van der Waals surface area contributed by atoms with Gasteiger partial charge in [0.15, 0.2) is 0 Å². The van der Waals surface area contributed by atoms with Crippen molar-refractivity contribution in [2.24, 2.45) is 5.73 Å². The normalized spacial score (nSPS) is 12.8. The van der Waals surface area contributed by atoms with E-state index in [2.05, 4.69) is 10.3 Å². The molecule has 0 fully saturated rings. The minimum absolute atomic E-state index is 0.348. The van der Waals surface area contributed by atoms with Crippen LogP contribution in [0.3, 0.4) is 0 Å². The summed E-state index contributed by atoms with van der Waals surface area (Å²) >= 11 is 5.95. The smallest absolute Gasteiger partial charge is 0.234 e. The molecule has 1 aromatic heterocycles. The van der Waals surface area contributed by atoms with Crippen molar-refractivity contribution in [1.82, 2.24) is 10.3 Å². The van der Waals surface area contributed by atoms with Crippen LogP contribution in [0, 0.1) is 0 Å². The number of benzene rings is 1. The number of aromatic amines is 1. The summed E-state index contributed by atoms with van der Waals surface area (Å²) in [5.74, 6) is -0.358. The first-order chi connectivity index (χ1) is 8.08. The highest BCUT2D eigenvalue weighted by molar-refractivity contribution is 6.31. The maximum atomic E-state index is 10.9. The largest absolute Gasteiger partial charge is 0.368 e. The fourth-order valence-electron chi connectivity index (χ4n) is 1.66. The van der Waals surface area contributed by atoms with Crippen LogP contribution in [0.25, 0.3) is 10.9 Å². The summed E-state index contributed by atoms with van der Waals surface area (Å²) in [5.41, 5.74) is 7.27. The molecule has 1 heterocycles. The predicted octanol–water partition coefficient (Wildman–Crippen LogP) is 1.78. The average molecular weight is 252 g/mol. The van der Waals surface area contributed by atoms with Crippen molar-refractivity contribution < 1.29 is 4.79 Å². The van der Waals surface area contributed by atoms with Crippen LogP contribution in [0.2, 0.25) is 5.02 Å². The zero-order valence-electron chi connectivity index (χ0n) is 9.46. The van der Waals surface area contributed by atoms with Gasteiger partial charge in [0, 0.05) is 28.7 Å². The first-order valence-electron chi connectivity index (χ1n) is 5.36. The van der Waals surface area contributed by atoms with Gasteiger partial charge in [-0.2, -0.15) is 0 Å². The van der Waals surface area contributed by atoms with Gasteiger partial charge in [-0.3, -0.25) is 4.79 Å². The molecular weight excluding hydrogens is 238 g/mol. The van der Waals surface area contributed by atoms with Crippen molar-refractivity contribution in [1.29, 1.82) is 0 Å². The third-order valence-electron chi connectivity index (χ3n) is 2.75. The number of aromatic nitrogens is 1. The lowest BCUT2D eigenvalue weighted by Crippen LogP contribution is -2.38. The van der Waals surface area contributed by atoms with Crippen LogP contribution < -0.4 is 11.1 Å². The molecule has 0 aliphatic carbocycles. The van der Waals surface area contributed by atoms with Crippen LogP contribution in [0.5, 0.6) is 0 Å². The Bertz CT molecular complexity index is 550. The van der Waals surface area contributed by atoms with E-state index in [-0.39, 0.29) is 11.9 Å². The van der Waals surface area contributed by atoms with E-state index in [0.29, 0.717) is 11.6 Å². The second kappa shape index (κ2) is 4.77. The topological polar surface area (TPSA) is 70.9 Å². The lowest BCUT2D eigenvalue weighted by atomic mass is 10.1. The van der Waals surface area contributed by atoms with E-state index < -0.39 is 0 Å². The van der Waals surface area contributed by atoms with E-state index in [9.17, 15) is 4.79 Å². The lowest BCUT2D eigenvalue weighted by Gasteiger charge is -2.08. The van der Waals surface area contributed by atoms with Crippen molar-refractivity contribution in [3.8, 4) is 0 Å². The Kier molecular flexibility index (Phi) is 3.36. The number of fused-ring (bicyclic) bond motifs is 1. The summed E-state index contributed by atoms with van der Waals surface area (Å²) in [6, 6.07) is 5.32. The van der Waals surface area contributed by atoms with Crippen LogP contribution in [0.1, 0.15) is 12.5 Å². The van der Waals surface area contributed by atoms with E-state index in [1.54, 1.807) is 6.92 Å². The molecule has 0 aliphatic heterocycles. The van der Waals surface area contributed by atoms with E-state index >= 15 is 0 Å². The molecule has 2 aromatic rings. The number of nitrogens with two attached hydrogens (primary N) is 1. The molecule has 0 radical (unpaired) electrons. The molecule has 17 heavy (non-hydrogen) atoms. The van der Waals surface area contributed by atoms with Crippen molar-refractivity contribution in [3.05, 3.63) is 35.0 Å². The van der Waals surface area contributed by atoms with Gasteiger partial charge in [0.25, 0.3) is 0 Å². The van der Waals surface area contributed by atoms with Crippen LogP contribution in [0.15, 0.2) is 24.4 Å². The molecule has 90 valence electrons. The Hall–Kier alpha value is -1.52. The third kappa shape index (κ3) is 2.60. The molecular formula is C12H14ClN3O. The van der Waals surface area contributed by atoms with Crippen LogP contribution in [-0.2, 0) is 11.3 Å². The summed E-state index contributed by atoms with van der Waals surface area (Å²) in [4.78, 5) is 14.1. The van der Waals surface area contributed by atoms with E-state index in [4.69, 9.17) is 17.3 Å². The Morgan fingerprint density at radius 1 is 1.59 bits per heavy atom. The van der Waals surface area contributed by atoms with Crippen molar-refractivity contribution in [2.45, 2.75) is 19.5 Å². The number of amides is 1. The highest BCUT2D eigenvalue weighted by Gasteiger charge is 2.09. The minimum atomic E-state index is -0.358. The summed E-state index contributed by atoms with van der Waals surface area (Å²) in [6.45, 7) is 2.31. The lowest BCUT2D eigenvalue weighted by molar-refractivity contribution is -0.119. The SMILES string of the molecule is C[C@H](NCc1c[nH]c2ccc(Cl)cc12)C(N)=O. The molecule has 5 heteroatoms. The summed E-state index contributed by atoms with van der Waals surface area (Å²) in [6.07, 6.45) is 1.90. The van der Waals surface area contributed by atoms with Gasteiger partial charge in [0.1, 0.15) is 0 Å². The van der Waals surface area contributed by atoms with Gasteiger partial charge in [-0.1, -0.05) is 11.6 Å². The highest BCUT2D eigenvalue weighted by atomic mass is 35.5. The predicted molar refractivity (Wildman–Crippen MR) is 68.8 cm³/mol. The van der Waals surface area contributed by atoms with Gasteiger partial charge in [0.05, 0.1) is 6.04 Å². The average Bonchev–Trinajstić information content (AvgIpc) is 2.68. The van der Waals surface area contributed by atoms with Gasteiger partial charge < -0.3 is 16.0 Å². The fraction of sp³-hybridized carbons (Fsp3) is 0.250. The number of H-pyrrole nitrogens is 1. The van der Waals surface area contributed by atoms with Crippen LogP contribution in [0.4, 0.5) is 0 Å². The molecule has 2 rings (SSSR count). The molecule has 4 nitrogen and oxygen atoms in total. The number of hydrogen-bond donors (Lipinski definition) is 3. The van der Waals surface area contributed by atoms with Crippen molar-refractivity contribution in [3.63, 3.8) is 0 Å². The number of primary amides is 1. The molecule has 0 saturated heterocycles. The number of carbonyl (C=O) groups excluding carboxylic acids is 1. The maximum absolute atomic E-state index is 10.9. The van der Waals surface area contributed by atoms with Gasteiger partial charge >= 0.3 is 0 Å². The summed E-state index contributed by atoms with van der Waals surface area (Å²) in [5, 5.41) is 4.81. The molecule has 1 aromatic carbocycles. The van der Waals surface area contributed by atoms with E-state index in [1.165, 1.54) is 0 Å². The van der Waals surface area contributed by atoms with Gasteiger partial charge in [-0.15, -0.1) is 0 Å². The number of nitrogens with one attached hydrogen (secondary N) is 2. The highest BCUT2D eigenvalue weighted by Crippen LogP contribution is 2.22. The van der Waals surface area contributed by atoms with E-state index in [1.807, 2.05) is 24.4 Å². The molecule has 0 unspecified atom stereocenters. The number of halogens is 1. The van der Waals surface area contributed by atoms with Gasteiger partial charge in [0.2, 0.25) is 5.91 Å². The Balaban J connectivity index is 2.19. The van der Waals surface area contributed by atoms with Gasteiger partial charge in [-0.25, -0.2) is 0 Å². The first kappa shape index (κ1) is 12.0. The molecule has 0 spiro atoms. The van der Waals surface area contributed by atoms with Gasteiger partial charge in [-0.05, 0) is 30.7 Å². The maximum Gasteiger partial charge on any atom is 0.234 e. The summed E-state index contributed by atoms with van der Waals surface area (Å²) < 4.78 is 0. The molecule has 0 aliphatic rings. The number of carbonyl (C=O) groups is 1. The Labute approximate surface area is 104 Å². The molecule has 1 atom stereocenters. The minimum Gasteiger partial charge on any atom is -0.368 e. The van der Waals surface area contributed by atoms with E-state index in [0.717, 1.165) is 16.5 Å². The first-order valence-corrected chi connectivity index (χ1v) is 5.74. The second-order valence-electron chi connectivity index (χ2n) is 4.01. The summed E-state index contributed by atoms with van der Waals surface area (Å²) in [7, 11) is 0. The third-order valence-corrected chi connectivity index (χ3v) is 2.99. The number of hydrogen-bond acceptors (Lipinski definition) is 2. The quantitative estimate of drug-likeness (QED) is 0.775. The Morgan fingerprint density at radius 2 is 2.35 bits per heavy atom. The molecule has 0 saturated carbocycles. The zero-order chi connectivity index (χ0) is 12.4. The Morgan fingerprint density at radius 3 is 3.06 bits per heavy atom. The van der Waals surface area contributed by atoms with Crippen LogP contribution in [-0.4, -0.2) is 16.9 Å². The molecule has 1 amide bonds. The number of rotatable bonds is 4. The monoisotopic (exact) mass is 251 g/mol. The molecule has 0 bridgehead atoms. The fourth-order valence-corrected chi connectivity index (χ4v) is 1.83. The van der Waals surface area contributed by atoms with Crippen molar-refractivity contribution >= 4 is 28.4 Å². The zero-order valence-corrected chi connectivity index (χ0v) is 10.2. The molecule has 4 N–H and O–H groups in total. The second-order valence-corrected chi connectivity index (χ2v) is 4.45.